The van der Waals surface area contributed by atoms with Crippen LogP contribution >= 0.6 is 0 Å². The Morgan fingerprint density at radius 2 is 1.88 bits per heavy atom. The van der Waals surface area contributed by atoms with Crippen molar-refractivity contribution in [3.05, 3.63) is 0 Å². The summed E-state index contributed by atoms with van der Waals surface area (Å²) >= 11 is 0. The third kappa shape index (κ3) is 3.91. The molecule has 0 bridgehead atoms. The molecule has 0 aromatic rings. The van der Waals surface area contributed by atoms with Gasteiger partial charge in [-0.3, -0.25) is 4.79 Å². The molecule has 3 aliphatic heterocycles. The molecular formula is C17H28N2O5. The van der Waals surface area contributed by atoms with Crippen molar-refractivity contribution in [2.75, 3.05) is 19.8 Å². The highest BCUT2D eigenvalue weighted by atomic mass is 16.6. The molecule has 4 aliphatic rings. The van der Waals surface area contributed by atoms with Crippen LogP contribution in [0.25, 0.3) is 0 Å². The first-order chi connectivity index (χ1) is 11.7. The van der Waals surface area contributed by atoms with Crippen LogP contribution in [-0.4, -0.2) is 73.4 Å². The number of rotatable bonds is 6. The highest BCUT2D eigenvalue weighted by Gasteiger charge is 2.50. The Morgan fingerprint density at radius 1 is 1.08 bits per heavy atom. The van der Waals surface area contributed by atoms with E-state index in [2.05, 4.69) is 10.6 Å². The van der Waals surface area contributed by atoms with Crippen LogP contribution in [0.4, 0.5) is 0 Å². The average Bonchev–Trinajstić information content (AvgIpc) is 3.22. The van der Waals surface area contributed by atoms with Gasteiger partial charge in [0.05, 0.1) is 24.7 Å². The second kappa shape index (κ2) is 7.25. The Labute approximate surface area is 142 Å². The molecule has 0 aromatic carbocycles. The van der Waals surface area contributed by atoms with Gasteiger partial charge >= 0.3 is 0 Å². The Morgan fingerprint density at radius 3 is 2.58 bits per heavy atom. The van der Waals surface area contributed by atoms with E-state index >= 15 is 0 Å². The van der Waals surface area contributed by atoms with Crippen molar-refractivity contribution in [2.45, 2.75) is 81.1 Å². The monoisotopic (exact) mass is 340 g/mol. The highest BCUT2D eigenvalue weighted by molar-refractivity contribution is 5.77. The fourth-order valence-corrected chi connectivity index (χ4v) is 3.91. The highest BCUT2D eigenvalue weighted by Crippen LogP contribution is 2.35. The zero-order valence-electron chi connectivity index (χ0n) is 14.0. The second-order valence-corrected chi connectivity index (χ2v) is 7.50. The molecule has 0 aromatic heterocycles. The van der Waals surface area contributed by atoms with E-state index in [-0.39, 0.29) is 30.3 Å². The topological polar surface area (TPSA) is 89.1 Å². The zero-order chi connectivity index (χ0) is 16.5. The molecule has 1 aliphatic carbocycles. The predicted octanol–water partition coefficient (Wildman–Crippen LogP) is -0.290. The van der Waals surface area contributed by atoms with Gasteiger partial charge in [0, 0.05) is 38.3 Å². The normalized spacial score (nSPS) is 39.8. The number of nitrogens with one attached hydrogen (secondary N) is 2. The van der Waals surface area contributed by atoms with Gasteiger partial charge in [-0.25, -0.2) is 0 Å². The number of fused-ring (bicyclic) bond motifs is 1. The third-order valence-corrected chi connectivity index (χ3v) is 5.46. The predicted molar refractivity (Wildman–Crippen MR) is 85.6 cm³/mol. The number of hydrogen-bond acceptors (Lipinski definition) is 6. The average molecular weight is 340 g/mol. The fraction of sp³-hybridized carbons (Fsp3) is 0.941. The third-order valence-electron chi connectivity index (χ3n) is 5.46. The summed E-state index contributed by atoms with van der Waals surface area (Å²) in [5.74, 6) is 0.0506. The minimum atomic E-state index is -0.626. The number of hydrogen-bond donors (Lipinski definition) is 3. The standard InChI is InChI=1S/C17H28N2O5/c20-15(19-11-1-2-11)8-12-7-13-17(23-12)16(21)14(24-13)9-18-10-3-5-22-6-4-10/h10-14,16-18,21H,1-9H2,(H,19,20). The van der Waals surface area contributed by atoms with Crippen molar-refractivity contribution in [3.63, 3.8) is 0 Å². The molecule has 5 atom stereocenters. The molecule has 0 radical (unpaired) electrons. The van der Waals surface area contributed by atoms with Crippen molar-refractivity contribution in [1.29, 1.82) is 0 Å². The molecule has 136 valence electrons. The molecule has 4 rings (SSSR count). The first-order valence-corrected chi connectivity index (χ1v) is 9.28. The van der Waals surface area contributed by atoms with Crippen LogP contribution in [0.1, 0.15) is 38.5 Å². The van der Waals surface area contributed by atoms with Gasteiger partial charge in [-0.15, -0.1) is 0 Å². The van der Waals surface area contributed by atoms with Crippen LogP contribution in [0, 0.1) is 0 Å². The van der Waals surface area contributed by atoms with Gasteiger partial charge in [-0.05, 0) is 25.7 Å². The van der Waals surface area contributed by atoms with E-state index in [1.165, 1.54) is 0 Å². The van der Waals surface area contributed by atoms with Crippen molar-refractivity contribution in [3.8, 4) is 0 Å². The number of carbonyl (C=O) groups is 1. The van der Waals surface area contributed by atoms with Gasteiger partial charge < -0.3 is 30.0 Å². The Hall–Kier alpha value is -0.730. The minimum absolute atomic E-state index is 0.0506. The van der Waals surface area contributed by atoms with Crippen LogP contribution < -0.4 is 10.6 Å². The van der Waals surface area contributed by atoms with E-state index < -0.39 is 6.10 Å². The molecule has 1 amide bonds. The maximum atomic E-state index is 11.9. The number of ether oxygens (including phenoxy) is 3. The van der Waals surface area contributed by atoms with Crippen LogP contribution in [0.15, 0.2) is 0 Å². The lowest BCUT2D eigenvalue weighted by molar-refractivity contribution is -0.124. The molecule has 24 heavy (non-hydrogen) atoms. The zero-order valence-corrected chi connectivity index (χ0v) is 14.0. The van der Waals surface area contributed by atoms with E-state index in [9.17, 15) is 9.90 Å². The summed E-state index contributed by atoms with van der Waals surface area (Å²) in [7, 11) is 0. The Balaban J connectivity index is 1.20. The Bertz CT molecular complexity index is 452. The smallest absolute Gasteiger partial charge is 0.222 e. The van der Waals surface area contributed by atoms with Crippen molar-refractivity contribution < 1.29 is 24.1 Å². The molecular weight excluding hydrogens is 312 g/mol. The number of amides is 1. The van der Waals surface area contributed by atoms with Gasteiger partial charge in [-0.1, -0.05) is 0 Å². The van der Waals surface area contributed by atoms with E-state index in [0.717, 1.165) is 38.9 Å². The summed E-state index contributed by atoms with van der Waals surface area (Å²) in [5, 5.41) is 16.9. The first kappa shape index (κ1) is 16.7. The number of aliphatic hydroxyl groups is 1. The molecule has 0 spiro atoms. The molecule has 3 N–H and O–H groups in total. The Kier molecular flexibility index (Phi) is 5.05. The summed E-state index contributed by atoms with van der Waals surface area (Å²) < 4.78 is 17.3. The summed E-state index contributed by atoms with van der Waals surface area (Å²) in [6.45, 7) is 2.23. The van der Waals surface area contributed by atoms with Crippen LogP contribution in [0.3, 0.4) is 0 Å². The lowest BCUT2D eigenvalue weighted by atomic mass is 10.1. The molecule has 3 saturated heterocycles. The molecule has 5 unspecified atom stereocenters. The van der Waals surface area contributed by atoms with E-state index in [1.54, 1.807) is 0 Å². The van der Waals surface area contributed by atoms with Crippen molar-refractivity contribution in [2.24, 2.45) is 0 Å². The molecule has 4 fully saturated rings. The maximum absolute atomic E-state index is 11.9. The molecule has 1 saturated carbocycles. The van der Waals surface area contributed by atoms with Crippen LogP contribution in [0.2, 0.25) is 0 Å². The lowest BCUT2D eigenvalue weighted by Gasteiger charge is -2.26. The quantitative estimate of drug-likeness (QED) is 0.616. The summed E-state index contributed by atoms with van der Waals surface area (Å²) in [6.07, 6.45) is 3.84. The maximum Gasteiger partial charge on any atom is 0.222 e. The van der Waals surface area contributed by atoms with E-state index in [0.29, 0.717) is 31.5 Å². The van der Waals surface area contributed by atoms with E-state index in [4.69, 9.17) is 14.2 Å². The van der Waals surface area contributed by atoms with Crippen LogP contribution in [-0.2, 0) is 19.0 Å². The summed E-state index contributed by atoms with van der Waals surface area (Å²) in [5.41, 5.74) is 0. The SMILES string of the molecule is O=C(CC1CC2OC(CNC3CCOCC3)C(O)C2O1)NC1CC1. The first-order valence-electron chi connectivity index (χ1n) is 9.28. The van der Waals surface area contributed by atoms with E-state index in [1.807, 2.05) is 0 Å². The largest absolute Gasteiger partial charge is 0.388 e. The van der Waals surface area contributed by atoms with Gasteiger partial charge in [0.25, 0.3) is 0 Å². The van der Waals surface area contributed by atoms with Crippen LogP contribution in [0.5, 0.6) is 0 Å². The number of aliphatic hydroxyl groups excluding tert-OH is 1. The van der Waals surface area contributed by atoms with Gasteiger partial charge in [-0.2, -0.15) is 0 Å². The van der Waals surface area contributed by atoms with Crippen molar-refractivity contribution >= 4 is 5.91 Å². The van der Waals surface area contributed by atoms with Gasteiger partial charge in [0.15, 0.2) is 0 Å². The lowest BCUT2D eigenvalue weighted by Crippen LogP contribution is -2.44. The minimum Gasteiger partial charge on any atom is -0.388 e. The van der Waals surface area contributed by atoms with Crippen molar-refractivity contribution in [1.82, 2.24) is 10.6 Å². The second-order valence-electron chi connectivity index (χ2n) is 7.50. The summed E-state index contributed by atoms with van der Waals surface area (Å²) in [4.78, 5) is 11.9. The fourth-order valence-electron chi connectivity index (χ4n) is 3.91. The van der Waals surface area contributed by atoms with Gasteiger partial charge in [0.1, 0.15) is 12.2 Å². The summed E-state index contributed by atoms with van der Waals surface area (Å²) in [6, 6.07) is 0.815. The molecule has 3 heterocycles. The molecule has 7 nitrogen and oxygen atoms in total. The van der Waals surface area contributed by atoms with Gasteiger partial charge in [0.2, 0.25) is 5.91 Å². The molecule has 7 heteroatoms. The number of carbonyl (C=O) groups excluding carboxylic acids is 1.